The van der Waals surface area contributed by atoms with E-state index in [-0.39, 0.29) is 13.1 Å². The van der Waals surface area contributed by atoms with Crippen LogP contribution in [0.5, 0.6) is 0 Å². The van der Waals surface area contributed by atoms with E-state index in [2.05, 4.69) is 10.4 Å². The fraction of sp³-hybridized carbons (Fsp3) is 0.357. The number of tetrazole rings is 1. The Morgan fingerprint density at radius 3 is 2.52 bits per heavy atom. The maximum Gasteiger partial charge on any atom is 0.377 e. The van der Waals surface area contributed by atoms with Gasteiger partial charge in [-0.15, -0.1) is 4.68 Å². The molecular formula is C14H13ClIN5O4. The molecule has 25 heavy (non-hydrogen) atoms. The number of para-hydroxylation sites is 1. The summed E-state index contributed by atoms with van der Waals surface area (Å²) in [7, 11) is 0. The molecule has 0 spiro atoms. The smallest absolute Gasteiger partial charge is 0.377 e. The Balaban J connectivity index is 1.86. The van der Waals surface area contributed by atoms with Crippen LogP contribution in [0.4, 0.5) is 4.79 Å². The first kappa shape index (κ1) is 17.9. The number of carbonyl (C=O) groups is 2. The molecule has 2 aromatic rings. The summed E-state index contributed by atoms with van der Waals surface area (Å²) in [5, 5.41) is 16.7. The second-order valence-corrected chi connectivity index (χ2v) is 7.11. The van der Waals surface area contributed by atoms with Gasteiger partial charge in [0, 0.05) is 16.7 Å². The van der Waals surface area contributed by atoms with Gasteiger partial charge >= 0.3 is 17.7 Å². The van der Waals surface area contributed by atoms with Gasteiger partial charge in [0.2, 0.25) is 0 Å². The van der Waals surface area contributed by atoms with Crippen molar-refractivity contribution in [2.75, 3.05) is 13.1 Å². The fourth-order valence-corrected chi connectivity index (χ4v) is 3.79. The molecule has 1 N–H and O–H groups in total. The standard InChI is InChI=1S/C14H13ClIN5O4/c15-9-2-1-3-10(16)11(9)20-14(25)21(18-17-20)13(24)19-6-4-8(5-7-19)12(22)23/h1-3,8H,4-7H2,(H,22,23). The maximum absolute atomic E-state index is 12.5. The molecular weight excluding hydrogens is 465 g/mol. The molecule has 0 aliphatic carbocycles. The summed E-state index contributed by atoms with van der Waals surface area (Å²) < 4.78 is 2.33. The van der Waals surface area contributed by atoms with Gasteiger partial charge in [-0.05, 0) is 58.0 Å². The van der Waals surface area contributed by atoms with Crippen molar-refractivity contribution in [3.63, 3.8) is 0 Å². The highest BCUT2D eigenvalue weighted by Gasteiger charge is 2.29. The minimum atomic E-state index is -0.872. The number of aromatic nitrogens is 4. The molecule has 1 aromatic carbocycles. The first-order valence-corrected chi connectivity index (χ1v) is 8.87. The molecule has 1 amide bonds. The van der Waals surface area contributed by atoms with E-state index >= 15 is 0 Å². The van der Waals surface area contributed by atoms with E-state index in [0.29, 0.717) is 31.8 Å². The molecule has 1 fully saturated rings. The van der Waals surface area contributed by atoms with E-state index in [0.717, 1.165) is 4.68 Å². The monoisotopic (exact) mass is 477 g/mol. The van der Waals surface area contributed by atoms with Crippen molar-refractivity contribution in [1.82, 2.24) is 24.7 Å². The third-order valence-electron chi connectivity index (χ3n) is 4.03. The number of benzene rings is 1. The molecule has 11 heteroatoms. The van der Waals surface area contributed by atoms with Crippen LogP contribution in [0.2, 0.25) is 5.02 Å². The molecule has 1 aliphatic heterocycles. The third kappa shape index (κ3) is 3.40. The molecule has 9 nitrogen and oxygen atoms in total. The number of piperidine rings is 1. The van der Waals surface area contributed by atoms with Crippen LogP contribution in [-0.2, 0) is 4.79 Å². The lowest BCUT2D eigenvalue weighted by Gasteiger charge is -2.29. The summed E-state index contributed by atoms with van der Waals surface area (Å²) in [5.41, 5.74) is -0.366. The van der Waals surface area contributed by atoms with Crippen LogP contribution < -0.4 is 5.69 Å². The van der Waals surface area contributed by atoms with E-state index in [4.69, 9.17) is 16.7 Å². The molecule has 0 saturated carbocycles. The Kier molecular flexibility index (Phi) is 5.08. The number of likely N-dealkylation sites (tertiary alicyclic amines) is 1. The van der Waals surface area contributed by atoms with Crippen molar-refractivity contribution in [3.05, 3.63) is 37.3 Å². The van der Waals surface area contributed by atoms with Crippen LogP contribution in [-0.4, -0.2) is 54.9 Å². The SMILES string of the molecule is O=C(O)C1CCN(C(=O)n2nnn(-c3c(Cl)cccc3I)c2=O)CC1. The van der Waals surface area contributed by atoms with E-state index in [1.54, 1.807) is 18.2 Å². The molecule has 132 valence electrons. The highest BCUT2D eigenvalue weighted by Crippen LogP contribution is 2.24. The molecule has 2 heterocycles. The Labute approximate surface area is 160 Å². The molecule has 1 aromatic heterocycles. The second kappa shape index (κ2) is 7.12. The molecule has 1 aliphatic rings. The Bertz CT molecular complexity index is 867. The second-order valence-electron chi connectivity index (χ2n) is 5.54. The number of carboxylic acids is 1. The van der Waals surface area contributed by atoms with Gasteiger partial charge in [-0.3, -0.25) is 4.79 Å². The number of hydrogen-bond donors (Lipinski definition) is 1. The van der Waals surface area contributed by atoms with Gasteiger partial charge in [0.1, 0.15) is 5.69 Å². The normalized spacial score (nSPS) is 15.4. The number of carbonyl (C=O) groups excluding carboxylic acids is 1. The lowest BCUT2D eigenvalue weighted by molar-refractivity contribution is -0.143. The first-order valence-electron chi connectivity index (χ1n) is 7.41. The van der Waals surface area contributed by atoms with Gasteiger partial charge in [0.15, 0.2) is 0 Å². The van der Waals surface area contributed by atoms with E-state index in [9.17, 15) is 14.4 Å². The fourth-order valence-electron chi connectivity index (χ4n) is 2.65. The molecule has 0 atom stereocenters. The Hall–Kier alpha value is -1.95. The van der Waals surface area contributed by atoms with Crippen LogP contribution in [0.1, 0.15) is 12.8 Å². The summed E-state index contributed by atoms with van der Waals surface area (Å²) in [6.07, 6.45) is 0.679. The van der Waals surface area contributed by atoms with Gasteiger partial charge in [0.25, 0.3) is 0 Å². The number of rotatable bonds is 2. The zero-order chi connectivity index (χ0) is 18.1. The number of amides is 1. The predicted molar refractivity (Wildman–Crippen MR) is 96.1 cm³/mol. The summed E-state index contributed by atoms with van der Waals surface area (Å²) in [5.74, 6) is -1.34. The minimum absolute atomic E-state index is 0.249. The van der Waals surface area contributed by atoms with Crippen molar-refractivity contribution in [2.45, 2.75) is 12.8 Å². The number of nitrogens with zero attached hydrogens (tertiary/aromatic N) is 5. The average Bonchev–Trinajstić information content (AvgIpc) is 2.96. The highest BCUT2D eigenvalue weighted by molar-refractivity contribution is 14.1. The average molecular weight is 478 g/mol. The van der Waals surface area contributed by atoms with Crippen LogP contribution in [0, 0.1) is 9.49 Å². The van der Waals surface area contributed by atoms with Gasteiger partial charge in [-0.25, -0.2) is 9.59 Å². The molecule has 0 bridgehead atoms. The van der Waals surface area contributed by atoms with Crippen LogP contribution in [0.15, 0.2) is 23.0 Å². The van der Waals surface area contributed by atoms with Crippen LogP contribution >= 0.6 is 34.2 Å². The largest absolute Gasteiger partial charge is 0.481 e. The quantitative estimate of drug-likeness (QED) is 0.518. The summed E-state index contributed by atoms with van der Waals surface area (Å²) in [6.45, 7) is 0.497. The van der Waals surface area contributed by atoms with E-state index in [1.165, 1.54) is 4.90 Å². The lowest BCUT2D eigenvalue weighted by Crippen LogP contribution is -2.45. The molecule has 0 radical (unpaired) electrons. The van der Waals surface area contributed by atoms with E-state index < -0.39 is 23.6 Å². The highest BCUT2D eigenvalue weighted by atomic mass is 127. The number of aliphatic carboxylic acids is 1. The van der Waals surface area contributed by atoms with Crippen molar-refractivity contribution < 1.29 is 14.7 Å². The number of hydrogen-bond acceptors (Lipinski definition) is 5. The Morgan fingerprint density at radius 2 is 1.92 bits per heavy atom. The zero-order valence-corrected chi connectivity index (χ0v) is 15.7. The first-order chi connectivity index (χ1) is 11.9. The summed E-state index contributed by atoms with van der Waals surface area (Å²) in [4.78, 5) is 37.4. The summed E-state index contributed by atoms with van der Waals surface area (Å²) in [6, 6.07) is 4.48. The molecule has 0 unspecified atom stereocenters. The Morgan fingerprint density at radius 1 is 1.24 bits per heavy atom. The summed E-state index contributed by atoms with van der Waals surface area (Å²) >= 11 is 8.14. The van der Waals surface area contributed by atoms with Crippen molar-refractivity contribution in [2.24, 2.45) is 5.92 Å². The number of halogens is 2. The van der Waals surface area contributed by atoms with Crippen LogP contribution in [0.3, 0.4) is 0 Å². The van der Waals surface area contributed by atoms with Crippen molar-refractivity contribution >= 4 is 46.2 Å². The van der Waals surface area contributed by atoms with Gasteiger partial charge in [-0.2, -0.15) is 4.68 Å². The zero-order valence-electron chi connectivity index (χ0n) is 12.8. The van der Waals surface area contributed by atoms with Crippen molar-refractivity contribution in [3.8, 4) is 5.69 Å². The van der Waals surface area contributed by atoms with Crippen LogP contribution in [0.25, 0.3) is 5.69 Å². The molecule has 1 saturated heterocycles. The minimum Gasteiger partial charge on any atom is -0.481 e. The topological polar surface area (TPSA) is 110 Å². The van der Waals surface area contributed by atoms with E-state index in [1.807, 2.05) is 22.6 Å². The predicted octanol–water partition coefficient (Wildman–Crippen LogP) is 1.45. The van der Waals surface area contributed by atoms with Gasteiger partial charge < -0.3 is 10.0 Å². The van der Waals surface area contributed by atoms with Gasteiger partial charge in [-0.1, -0.05) is 17.7 Å². The van der Waals surface area contributed by atoms with Crippen molar-refractivity contribution in [1.29, 1.82) is 0 Å². The lowest BCUT2D eigenvalue weighted by atomic mass is 9.97. The maximum atomic E-state index is 12.5. The number of carboxylic acid groups (broad SMARTS) is 1. The third-order valence-corrected chi connectivity index (χ3v) is 5.20. The molecule has 3 rings (SSSR count). The van der Waals surface area contributed by atoms with Gasteiger partial charge in [0.05, 0.1) is 10.9 Å².